The molecule has 0 amide bonds. The molecule has 0 spiro atoms. The van der Waals surface area contributed by atoms with E-state index in [4.69, 9.17) is 51.1 Å². The van der Waals surface area contributed by atoms with Crippen molar-refractivity contribution in [2.24, 2.45) is 0 Å². The highest BCUT2D eigenvalue weighted by Crippen LogP contribution is 2.35. The zero-order valence-corrected chi connectivity index (χ0v) is 18.1. The molecule has 0 N–H and O–H groups in total. The molecule has 1 fully saturated rings. The summed E-state index contributed by atoms with van der Waals surface area (Å²) < 4.78 is 32.4. The van der Waals surface area contributed by atoms with E-state index in [1.165, 1.54) is 23.5 Å². The second-order valence-corrected chi connectivity index (χ2v) is 9.47. The van der Waals surface area contributed by atoms with Crippen molar-refractivity contribution in [3.05, 3.63) is 50.4 Å². The first-order chi connectivity index (χ1) is 12.7. The van der Waals surface area contributed by atoms with Crippen LogP contribution >= 0.6 is 46.4 Å². The number of piperazine rings is 1. The number of halogens is 4. The first kappa shape index (κ1) is 20.8. The Hall–Kier alpha value is -0.890. The molecule has 1 saturated heterocycles. The number of nitrogens with zero attached hydrogens (tertiary/aromatic N) is 2. The van der Waals surface area contributed by atoms with Crippen LogP contribution in [0.3, 0.4) is 0 Å². The molecule has 2 aromatic rings. The van der Waals surface area contributed by atoms with Gasteiger partial charge in [0.25, 0.3) is 0 Å². The van der Waals surface area contributed by atoms with Gasteiger partial charge in [-0.1, -0.05) is 46.4 Å². The lowest BCUT2D eigenvalue weighted by molar-refractivity contribution is 0.384. The van der Waals surface area contributed by atoms with Gasteiger partial charge in [0, 0.05) is 37.3 Å². The summed E-state index contributed by atoms with van der Waals surface area (Å²) in [4.78, 5) is 1.97. The maximum absolute atomic E-state index is 13.0. The predicted octanol–water partition coefficient (Wildman–Crippen LogP) is 4.82. The Morgan fingerprint density at radius 2 is 1.56 bits per heavy atom. The van der Waals surface area contributed by atoms with Crippen LogP contribution in [0, 0.1) is 0 Å². The molecule has 0 saturated carbocycles. The van der Waals surface area contributed by atoms with E-state index in [1.807, 2.05) is 4.90 Å². The molecule has 2 aromatic carbocycles. The van der Waals surface area contributed by atoms with Crippen LogP contribution in [0.4, 0.5) is 5.69 Å². The zero-order valence-electron chi connectivity index (χ0n) is 14.3. The van der Waals surface area contributed by atoms with E-state index in [9.17, 15) is 8.42 Å². The van der Waals surface area contributed by atoms with E-state index in [-0.39, 0.29) is 28.0 Å². The van der Waals surface area contributed by atoms with Crippen LogP contribution in [-0.2, 0) is 10.0 Å². The Bertz CT molecular complexity index is 961. The average Bonchev–Trinajstić information content (AvgIpc) is 2.65. The molecule has 146 valence electrons. The first-order valence-corrected chi connectivity index (χ1v) is 10.9. The molecule has 1 aliphatic rings. The Labute approximate surface area is 178 Å². The van der Waals surface area contributed by atoms with Crippen molar-refractivity contribution >= 4 is 62.1 Å². The third-order valence-electron chi connectivity index (χ3n) is 4.31. The number of rotatable bonds is 4. The lowest BCUT2D eigenvalue weighted by Gasteiger charge is -2.36. The topological polar surface area (TPSA) is 49.9 Å². The van der Waals surface area contributed by atoms with Crippen molar-refractivity contribution in [2.75, 3.05) is 38.2 Å². The van der Waals surface area contributed by atoms with Crippen molar-refractivity contribution in [3.63, 3.8) is 0 Å². The van der Waals surface area contributed by atoms with Crippen LogP contribution < -0.4 is 9.64 Å². The van der Waals surface area contributed by atoms with E-state index in [0.717, 1.165) is 5.69 Å². The zero-order chi connectivity index (χ0) is 19.8. The Kier molecular flexibility index (Phi) is 6.35. The lowest BCUT2D eigenvalue weighted by Crippen LogP contribution is -2.48. The maximum Gasteiger partial charge on any atom is 0.244 e. The monoisotopic (exact) mass is 468 g/mol. The summed E-state index contributed by atoms with van der Waals surface area (Å²) in [6.07, 6.45) is 0. The number of methoxy groups -OCH3 is 1. The highest BCUT2D eigenvalue weighted by Gasteiger charge is 2.31. The van der Waals surface area contributed by atoms with E-state index in [0.29, 0.717) is 28.9 Å². The summed E-state index contributed by atoms with van der Waals surface area (Å²) in [6, 6.07) is 7.93. The Morgan fingerprint density at radius 1 is 0.889 bits per heavy atom. The van der Waals surface area contributed by atoms with Gasteiger partial charge in [0.05, 0.1) is 27.9 Å². The van der Waals surface area contributed by atoms with Crippen LogP contribution in [0.5, 0.6) is 5.75 Å². The molecule has 5 nitrogen and oxygen atoms in total. The van der Waals surface area contributed by atoms with Gasteiger partial charge in [-0.25, -0.2) is 8.42 Å². The summed E-state index contributed by atoms with van der Waals surface area (Å²) >= 11 is 24.5. The molecule has 0 aliphatic carbocycles. The SMILES string of the molecule is COc1cc(Cl)c(S(=O)(=O)N2CCN(c3cc(Cl)ccc3Cl)CC2)cc1Cl. The van der Waals surface area contributed by atoms with Crippen LogP contribution in [-0.4, -0.2) is 46.0 Å². The van der Waals surface area contributed by atoms with Gasteiger partial charge in [-0.15, -0.1) is 0 Å². The highest BCUT2D eigenvalue weighted by molar-refractivity contribution is 7.89. The molecule has 0 unspecified atom stereocenters. The highest BCUT2D eigenvalue weighted by atomic mass is 35.5. The minimum atomic E-state index is -3.79. The molecular weight excluding hydrogens is 454 g/mol. The Balaban J connectivity index is 1.81. The van der Waals surface area contributed by atoms with Gasteiger partial charge >= 0.3 is 0 Å². The van der Waals surface area contributed by atoms with Gasteiger partial charge in [0.2, 0.25) is 10.0 Å². The molecule has 0 radical (unpaired) electrons. The normalized spacial score (nSPS) is 15.8. The average molecular weight is 470 g/mol. The molecule has 1 heterocycles. The van der Waals surface area contributed by atoms with Gasteiger partial charge in [0.15, 0.2) is 0 Å². The molecular formula is C17H16Cl4N2O3S. The molecule has 10 heteroatoms. The molecule has 0 atom stereocenters. The molecule has 3 rings (SSSR count). The van der Waals surface area contributed by atoms with E-state index in [2.05, 4.69) is 0 Å². The predicted molar refractivity (Wildman–Crippen MR) is 110 cm³/mol. The lowest BCUT2D eigenvalue weighted by atomic mass is 10.2. The van der Waals surface area contributed by atoms with Crippen LogP contribution in [0.1, 0.15) is 0 Å². The standard InChI is InChI=1S/C17H16Cl4N2O3S/c1-26-16-9-14(21)17(10-13(16)20)27(24,25)23-6-4-22(5-7-23)15-8-11(18)2-3-12(15)19/h2-3,8-10H,4-7H2,1H3. The van der Waals surface area contributed by atoms with Crippen molar-refractivity contribution in [3.8, 4) is 5.75 Å². The van der Waals surface area contributed by atoms with Crippen molar-refractivity contribution in [2.45, 2.75) is 4.90 Å². The largest absolute Gasteiger partial charge is 0.495 e. The fourth-order valence-corrected chi connectivity index (χ4v) is 5.55. The van der Waals surface area contributed by atoms with Crippen LogP contribution in [0.2, 0.25) is 20.1 Å². The van der Waals surface area contributed by atoms with Gasteiger partial charge in [0.1, 0.15) is 10.6 Å². The fourth-order valence-electron chi connectivity index (χ4n) is 2.90. The first-order valence-electron chi connectivity index (χ1n) is 7.97. The van der Waals surface area contributed by atoms with Gasteiger partial charge in [-0.3, -0.25) is 0 Å². The molecule has 0 aromatic heterocycles. The van der Waals surface area contributed by atoms with Crippen LogP contribution in [0.15, 0.2) is 35.2 Å². The number of ether oxygens (including phenoxy) is 1. The summed E-state index contributed by atoms with van der Waals surface area (Å²) in [5, 5.41) is 1.39. The number of hydrogen-bond acceptors (Lipinski definition) is 4. The number of benzene rings is 2. The van der Waals surface area contributed by atoms with Gasteiger partial charge < -0.3 is 9.64 Å². The Morgan fingerprint density at radius 3 is 2.19 bits per heavy atom. The van der Waals surface area contributed by atoms with Gasteiger partial charge in [-0.05, 0) is 24.3 Å². The number of anilines is 1. The smallest absolute Gasteiger partial charge is 0.244 e. The van der Waals surface area contributed by atoms with Gasteiger partial charge in [-0.2, -0.15) is 4.31 Å². The second-order valence-electron chi connectivity index (χ2n) is 5.90. The van der Waals surface area contributed by atoms with E-state index in [1.54, 1.807) is 18.2 Å². The summed E-state index contributed by atoms with van der Waals surface area (Å²) in [6.45, 7) is 1.51. The molecule has 1 aliphatic heterocycles. The van der Waals surface area contributed by atoms with E-state index >= 15 is 0 Å². The number of hydrogen-bond donors (Lipinski definition) is 0. The quantitative estimate of drug-likeness (QED) is 0.644. The summed E-state index contributed by atoms with van der Waals surface area (Å²) in [5.41, 5.74) is 0.784. The third kappa shape index (κ3) is 4.26. The second kappa shape index (κ2) is 8.23. The maximum atomic E-state index is 13.0. The third-order valence-corrected chi connectivity index (χ3v) is 7.53. The van der Waals surface area contributed by atoms with Crippen molar-refractivity contribution in [1.82, 2.24) is 4.31 Å². The summed E-state index contributed by atoms with van der Waals surface area (Å²) in [7, 11) is -2.35. The van der Waals surface area contributed by atoms with Crippen LogP contribution in [0.25, 0.3) is 0 Å². The van der Waals surface area contributed by atoms with E-state index < -0.39 is 10.0 Å². The van der Waals surface area contributed by atoms with Crippen molar-refractivity contribution in [1.29, 1.82) is 0 Å². The molecule has 27 heavy (non-hydrogen) atoms. The molecule has 0 bridgehead atoms. The minimum absolute atomic E-state index is 0.0378. The minimum Gasteiger partial charge on any atom is -0.495 e. The number of sulfonamides is 1. The van der Waals surface area contributed by atoms with Crippen molar-refractivity contribution < 1.29 is 13.2 Å². The summed E-state index contributed by atoms with van der Waals surface area (Å²) in [5.74, 6) is 0.320. The fraction of sp³-hybridized carbons (Fsp3) is 0.294.